The van der Waals surface area contributed by atoms with Crippen LogP contribution in [-0.4, -0.2) is 27.3 Å². The van der Waals surface area contributed by atoms with Gasteiger partial charge in [0.2, 0.25) is 0 Å². The summed E-state index contributed by atoms with van der Waals surface area (Å²) < 4.78 is 1.47. The lowest BCUT2D eigenvalue weighted by atomic mass is 10.00. The van der Waals surface area contributed by atoms with Gasteiger partial charge in [-0.1, -0.05) is 49.7 Å². The maximum Gasteiger partial charge on any atom is 0.273 e. The van der Waals surface area contributed by atoms with E-state index in [0.29, 0.717) is 5.92 Å². The van der Waals surface area contributed by atoms with E-state index in [4.69, 9.17) is 11.6 Å². The first-order chi connectivity index (χ1) is 10.4. The van der Waals surface area contributed by atoms with Crippen molar-refractivity contribution in [3.63, 3.8) is 0 Å². The van der Waals surface area contributed by atoms with Gasteiger partial charge in [0.25, 0.3) is 5.91 Å². The number of hydrogen-bond donors (Lipinski definition) is 2. The van der Waals surface area contributed by atoms with E-state index in [9.17, 15) is 9.90 Å². The predicted octanol–water partition coefficient (Wildman–Crippen LogP) is 2.66. The molecule has 1 amide bonds. The fraction of sp³-hybridized carbons (Fsp3) is 0.375. The van der Waals surface area contributed by atoms with Gasteiger partial charge in [-0.2, -0.15) is 5.10 Å². The summed E-state index contributed by atoms with van der Waals surface area (Å²) in [6.45, 7) is 4.33. The Morgan fingerprint density at radius 2 is 1.91 bits per heavy atom. The van der Waals surface area contributed by atoms with Gasteiger partial charge < -0.3 is 10.4 Å². The van der Waals surface area contributed by atoms with Gasteiger partial charge in [0, 0.05) is 19.8 Å². The number of carbonyl (C=O) groups is 1. The van der Waals surface area contributed by atoms with Crippen molar-refractivity contribution in [2.75, 3.05) is 6.54 Å². The smallest absolute Gasteiger partial charge is 0.273 e. The Bertz CT molecular complexity index is 650. The average Bonchev–Trinajstić information content (AvgIpc) is 2.83. The van der Waals surface area contributed by atoms with Gasteiger partial charge in [-0.05, 0) is 17.0 Å². The van der Waals surface area contributed by atoms with Crippen LogP contribution in [0.15, 0.2) is 30.5 Å². The first kappa shape index (κ1) is 16.5. The lowest BCUT2D eigenvalue weighted by Gasteiger charge is -2.13. The summed E-state index contributed by atoms with van der Waals surface area (Å²) in [7, 11) is 1.69. The second kappa shape index (κ2) is 6.94. The number of carbonyl (C=O) groups excluding carboxylic acids is 1. The third-order valence-electron chi connectivity index (χ3n) is 3.44. The fourth-order valence-corrected chi connectivity index (χ4v) is 2.37. The Hall–Kier alpha value is -1.85. The van der Waals surface area contributed by atoms with Crippen LogP contribution < -0.4 is 5.32 Å². The fourth-order valence-electron chi connectivity index (χ4n) is 2.11. The molecule has 2 aromatic rings. The molecule has 1 atom stereocenters. The number of aliphatic hydroxyl groups is 1. The number of aromatic nitrogens is 2. The minimum absolute atomic E-state index is 0.104. The molecule has 0 saturated carbocycles. The van der Waals surface area contributed by atoms with Gasteiger partial charge in [-0.15, -0.1) is 0 Å². The van der Waals surface area contributed by atoms with E-state index in [1.807, 2.05) is 24.3 Å². The van der Waals surface area contributed by atoms with Gasteiger partial charge in [0.05, 0.1) is 11.1 Å². The number of aliphatic hydroxyl groups excluding tert-OH is 1. The summed E-state index contributed by atoms with van der Waals surface area (Å²) in [5, 5.41) is 17.1. The van der Waals surface area contributed by atoms with Crippen LogP contribution in [0, 0.1) is 0 Å². The van der Waals surface area contributed by atoms with Crippen LogP contribution in [0.3, 0.4) is 0 Å². The largest absolute Gasteiger partial charge is 0.387 e. The molecule has 0 aliphatic carbocycles. The molecule has 1 aromatic heterocycles. The molecule has 118 valence electrons. The van der Waals surface area contributed by atoms with Gasteiger partial charge in [-0.25, -0.2) is 0 Å². The molecule has 0 spiro atoms. The number of aryl methyl sites for hydroxylation is 1. The Balaban J connectivity index is 1.96. The lowest BCUT2D eigenvalue weighted by Crippen LogP contribution is -2.29. The number of nitrogens with zero attached hydrogens (tertiary/aromatic N) is 2. The first-order valence-electron chi connectivity index (χ1n) is 7.13. The van der Waals surface area contributed by atoms with E-state index in [1.54, 1.807) is 13.2 Å². The highest BCUT2D eigenvalue weighted by molar-refractivity contribution is 6.33. The maximum absolute atomic E-state index is 12.0. The number of halogens is 1. The topological polar surface area (TPSA) is 67.2 Å². The van der Waals surface area contributed by atoms with E-state index in [1.165, 1.54) is 10.2 Å². The van der Waals surface area contributed by atoms with E-state index in [2.05, 4.69) is 24.3 Å². The number of rotatable bonds is 5. The monoisotopic (exact) mass is 321 g/mol. The molecule has 2 rings (SSSR count). The van der Waals surface area contributed by atoms with Crippen LogP contribution in [0.4, 0.5) is 0 Å². The Labute approximate surface area is 134 Å². The molecule has 22 heavy (non-hydrogen) atoms. The van der Waals surface area contributed by atoms with Crippen molar-refractivity contribution in [1.29, 1.82) is 0 Å². The van der Waals surface area contributed by atoms with Crippen LogP contribution in [-0.2, 0) is 7.05 Å². The van der Waals surface area contributed by atoms with Crippen molar-refractivity contribution in [3.05, 3.63) is 52.3 Å². The summed E-state index contributed by atoms with van der Waals surface area (Å²) in [6, 6.07) is 7.72. The molecule has 2 N–H and O–H groups in total. The van der Waals surface area contributed by atoms with E-state index < -0.39 is 12.0 Å². The molecule has 0 saturated heterocycles. The maximum atomic E-state index is 12.0. The first-order valence-corrected chi connectivity index (χ1v) is 7.51. The molecular formula is C16H20ClN3O2. The summed E-state index contributed by atoms with van der Waals surface area (Å²) in [5.74, 6) is 0.0423. The predicted molar refractivity (Wildman–Crippen MR) is 86.0 cm³/mol. The minimum Gasteiger partial charge on any atom is -0.387 e. The van der Waals surface area contributed by atoms with Gasteiger partial charge in [0.15, 0.2) is 5.69 Å². The van der Waals surface area contributed by atoms with Crippen LogP contribution in [0.1, 0.15) is 47.5 Å². The van der Waals surface area contributed by atoms with Crippen LogP contribution in [0.5, 0.6) is 0 Å². The van der Waals surface area contributed by atoms with E-state index in [0.717, 1.165) is 5.56 Å². The molecule has 0 radical (unpaired) electrons. The number of benzene rings is 1. The van der Waals surface area contributed by atoms with E-state index >= 15 is 0 Å². The molecule has 5 nitrogen and oxygen atoms in total. The van der Waals surface area contributed by atoms with Crippen LogP contribution in [0.25, 0.3) is 0 Å². The normalized spacial score (nSPS) is 12.5. The molecule has 0 bridgehead atoms. The van der Waals surface area contributed by atoms with Crippen molar-refractivity contribution < 1.29 is 9.90 Å². The Morgan fingerprint density at radius 1 is 1.32 bits per heavy atom. The molecule has 0 aliphatic rings. The molecular weight excluding hydrogens is 302 g/mol. The van der Waals surface area contributed by atoms with Crippen molar-refractivity contribution in [2.24, 2.45) is 7.05 Å². The Morgan fingerprint density at radius 3 is 2.41 bits per heavy atom. The van der Waals surface area contributed by atoms with Gasteiger partial charge in [0.1, 0.15) is 0 Å². The highest BCUT2D eigenvalue weighted by Gasteiger charge is 2.16. The zero-order valence-electron chi connectivity index (χ0n) is 12.9. The summed E-state index contributed by atoms with van der Waals surface area (Å²) >= 11 is 5.91. The zero-order chi connectivity index (χ0) is 16.3. The third-order valence-corrected chi connectivity index (χ3v) is 3.72. The van der Waals surface area contributed by atoms with Crippen molar-refractivity contribution in [1.82, 2.24) is 15.1 Å². The Kier molecular flexibility index (Phi) is 5.21. The second-order valence-corrected chi connectivity index (χ2v) is 5.95. The number of hydrogen-bond acceptors (Lipinski definition) is 3. The van der Waals surface area contributed by atoms with Crippen LogP contribution >= 0.6 is 11.6 Å². The second-order valence-electron chi connectivity index (χ2n) is 5.55. The minimum atomic E-state index is -0.771. The van der Waals surface area contributed by atoms with Crippen molar-refractivity contribution >= 4 is 17.5 Å². The quantitative estimate of drug-likeness (QED) is 0.889. The third kappa shape index (κ3) is 3.87. The van der Waals surface area contributed by atoms with Crippen molar-refractivity contribution in [3.8, 4) is 0 Å². The molecule has 0 aliphatic heterocycles. The lowest BCUT2D eigenvalue weighted by molar-refractivity contribution is 0.0911. The molecule has 1 unspecified atom stereocenters. The average molecular weight is 322 g/mol. The molecule has 1 aromatic carbocycles. The highest BCUT2D eigenvalue weighted by Crippen LogP contribution is 2.19. The molecule has 6 heteroatoms. The highest BCUT2D eigenvalue weighted by atomic mass is 35.5. The van der Waals surface area contributed by atoms with Gasteiger partial charge in [-0.3, -0.25) is 9.48 Å². The summed E-state index contributed by atoms with van der Waals surface area (Å²) in [5.41, 5.74) is 2.13. The van der Waals surface area contributed by atoms with E-state index in [-0.39, 0.29) is 17.3 Å². The molecule has 1 heterocycles. The standard InChI is InChI=1S/C16H20ClN3O2/c1-10(2)11-4-6-12(7-5-11)14(21)8-18-16(22)15-13(17)9-20(3)19-15/h4-7,9-10,14,21H,8H2,1-3H3,(H,18,22). The number of amides is 1. The van der Waals surface area contributed by atoms with Gasteiger partial charge >= 0.3 is 0 Å². The summed E-state index contributed by atoms with van der Waals surface area (Å²) in [6.07, 6.45) is 0.782. The molecule has 0 fully saturated rings. The van der Waals surface area contributed by atoms with Crippen LogP contribution in [0.2, 0.25) is 5.02 Å². The zero-order valence-corrected chi connectivity index (χ0v) is 13.6. The van der Waals surface area contributed by atoms with Crippen molar-refractivity contribution in [2.45, 2.75) is 25.9 Å². The summed E-state index contributed by atoms with van der Waals surface area (Å²) in [4.78, 5) is 12.0. The number of nitrogens with one attached hydrogen (secondary N) is 1. The SMILES string of the molecule is CC(C)c1ccc(C(O)CNC(=O)c2nn(C)cc2Cl)cc1.